The Morgan fingerprint density at radius 3 is 2.94 bits per heavy atom. The predicted octanol–water partition coefficient (Wildman–Crippen LogP) is 1.30. The molecule has 1 heterocycles. The van der Waals surface area contributed by atoms with Gasteiger partial charge in [-0.15, -0.1) is 0 Å². The summed E-state index contributed by atoms with van der Waals surface area (Å²) in [4.78, 5) is 4.19. The van der Waals surface area contributed by atoms with Crippen LogP contribution in [-0.2, 0) is 4.74 Å². The molecule has 2 N–H and O–H groups in total. The second kappa shape index (κ2) is 7.73. The summed E-state index contributed by atoms with van der Waals surface area (Å²) in [6.07, 6.45) is 1.73. The van der Waals surface area contributed by atoms with Crippen molar-refractivity contribution in [3.8, 4) is 0 Å². The zero-order valence-electron chi connectivity index (χ0n) is 10.8. The Morgan fingerprint density at radius 1 is 1.56 bits per heavy atom. The first kappa shape index (κ1) is 14.5. The molecule has 6 heteroatoms. The molecule has 0 radical (unpaired) electrons. The predicted molar refractivity (Wildman–Crippen MR) is 76.7 cm³/mol. The molecule has 98 valence electrons. The molecule has 1 aromatic heterocycles. The van der Waals surface area contributed by atoms with Crippen LogP contribution in [0.4, 0.5) is 0 Å². The van der Waals surface area contributed by atoms with Crippen LogP contribution in [-0.4, -0.2) is 35.6 Å². The number of ether oxygens (including phenoxy) is 1. The average molecular weight is 266 g/mol. The highest BCUT2D eigenvalue weighted by Crippen LogP contribution is 1.95. The smallest absolute Gasteiger partial charge is 0.187 e. The second-order valence-corrected chi connectivity index (χ2v) is 4.26. The van der Waals surface area contributed by atoms with Crippen LogP contribution in [0, 0.1) is 0 Å². The molecule has 1 aromatic rings. The number of nitrogens with zero attached hydrogens (tertiary/aromatic N) is 2. The van der Waals surface area contributed by atoms with Crippen LogP contribution >= 0.6 is 12.2 Å². The summed E-state index contributed by atoms with van der Waals surface area (Å²) >= 11 is 5.11. The maximum absolute atomic E-state index is 5.11. The standard InChI is InChI=1S/C12H18N4OS/c1-9(8-17-3)14-12(18)16-15-10(2)11-6-4-5-7-13-11/h4-7,9H,8H2,1-3H3,(H2,14,16,18)/b15-10-/t9-/m1/s1. The number of thiocarbonyl (C=S) groups is 1. The van der Waals surface area contributed by atoms with Gasteiger partial charge < -0.3 is 10.1 Å². The molecule has 0 aliphatic carbocycles. The number of nitrogens with one attached hydrogen (secondary N) is 2. The average Bonchev–Trinajstić information content (AvgIpc) is 2.37. The third-order valence-corrected chi connectivity index (χ3v) is 2.36. The summed E-state index contributed by atoms with van der Waals surface area (Å²) in [7, 11) is 1.65. The van der Waals surface area contributed by atoms with Gasteiger partial charge in [-0.3, -0.25) is 10.4 Å². The topological polar surface area (TPSA) is 58.5 Å². The number of rotatable bonds is 5. The van der Waals surface area contributed by atoms with Gasteiger partial charge >= 0.3 is 0 Å². The zero-order valence-corrected chi connectivity index (χ0v) is 11.6. The summed E-state index contributed by atoms with van der Waals surface area (Å²) in [6, 6.07) is 5.81. The van der Waals surface area contributed by atoms with E-state index in [1.54, 1.807) is 13.3 Å². The second-order valence-electron chi connectivity index (χ2n) is 3.85. The number of hydrazone groups is 1. The summed E-state index contributed by atoms with van der Waals surface area (Å²) < 4.78 is 5.00. The monoisotopic (exact) mass is 266 g/mol. The normalized spacial score (nSPS) is 12.9. The number of hydrogen-bond acceptors (Lipinski definition) is 4. The third-order valence-electron chi connectivity index (χ3n) is 2.15. The molecule has 1 rings (SSSR count). The Balaban J connectivity index is 2.46. The molecule has 0 aliphatic heterocycles. The molecule has 0 saturated carbocycles. The first-order valence-corrected chi connectivity index (χ1v) is 6.05. The van der Waals surface area contributed by atoms with Crippen LogP contribution < -0.4 is 10.7 Å². The van der Waals surface area contributed by atoms with Crippen LogP contribution in [0.2, 0.25) is 0 Å². The van der Waals surface area contributed by atoms with Gasteiger partial charge in [-0.2, -0.15) is 5.10 Å². The lowest BCUT2D eigenvalue weighted by Gasteiger charge is -2.14. The highest BCUT2D eigenvalue weighted by molar-refractivity contribution is 7.80. The summed E-state index contributed by atoms with van der Waals surface area (Å²) in [6.45, 7) is 4.44. The van der Waals surface area contributed by atoms with Crippen molar-refractivity contribution in [2.24, 2.45) is 5.10 Å². The molecule has 1 atom stereocenters. The maximum atomic E-state index is 5.11. The number of pyridine rings is 1. The van der Waals surface area contributed by atoms with Gasteiger partial charge in [-0.1, -0.05) is 6.07 Å². The Labute approximate surface area is 113 Å². The molecule has 0 aliphatic rings. The van der Waals surface area contributed by atoms with E-state index >= 15 is 0 Å². The lowest BCUT2D eigenvalue weighted by molar-refractivity contribution is 0.179. The van der Waals surface area contributed by atoms with Gasteiger partial charge in [0, 0.05) is 19.3 Å². The van der Waals surface area contributed by atoms with E-state index in [0.29, 0.717) is 11.7 Å². The largest absolute Gasteiger partial charge is 0.383 e. The van der Waals surface area contributed by atoms with E-state index in [1.807, 2.05) is 32.0 Å². The van der Waals surface area contributed by atoms with Gasteiger partial charge in [-0.25, -0.2) is 0 Å². The summed E-state index contributed by atoms with van der Waals surface area (Å²) in [5.74, 6) is 0. The highest BCUT2D eigenvalue weighted by atomic mass is 32.1. The summed E-state index contributed by atoms with van der Waals surface area (Å²) in [5, 5.41) is 7.69. The first-order valence-electron chi connectivity index (χ1n) is 5.64. The van der Waals surface area contributed by atoms with Crippen molar-refractivity contribution in [1.82, 2.24) is 15.7 Å². The fraction of sp³-hybridized carbons (Fsp3) is 0.417. The number of aromatic nitrogens is 1. The Morgan fingerprint density at radius 2 is 2.33 bits per heavy atom. The number of methoxy groups -OCH3 is 1. The van der Waals surface area contributed by atoms with Crippen LogP contribution in [0.1, 0.15) is 19.5 Å². The van der Waals surface area contributed by atoms with Crippen molar-refractivity contribution >= 4 is 23.0 Å². The van der Waals surface area contributed by atoms with Crippen molar-refractivity contribution in [2.45, 2.75) is 19.9 Å². The van der Waals surface area contributed by atoms with Crippen molar-refractivity contribution in [1.29, 1.82) is 0 Å². The lowest BCUT2D eigenvalue weighted by atomic mass is 10.3. The quantitative estimate of drug-likeness (QED) is 0.478. The lowest BCUT2D eigenvalue weighted by Crippen LogP contribution is -2.40. The molecule has 0 spiro atoms. The van der Waals surface area contributed by atoms with E-state index in [2.05, 4.69) is 20.8 Å². The van der Waals surface area contributed by atoms with E-state index in [9.17, 15) is 0 Å². The van der Waals surface area contributed by atoms with Gasteiger partial charge in [0.2, 0.25) is 0 Å². The van der Waals surface area contributed by atoms with E-state index in [4.69, 9.17) is 17.0 Å². The van der Waals surface area contributed by atoms with Crippen LogP contribution in [0.5, 0.6) is 0 Å². The molecule has 0 bridgehead atoms. The molecule has 0 fully saturated rings. The number of hydrogen-bond donors (Lipinski definition) is 2. The first-order chi connectivity index (χ1) is 8.63. The van der Waals surface area contributed by atoms with Gasteiger partial charge in [0.25, 0.3) is 0 Å². The fourth-order valence-electron chi connectivity index (χ4n) is 1.32. The minimum atomic E-state index is 0.139. The van der Waals surface area contributed by atoms with E-state index in [-0.39, 0.29) is 6.04 Å². The highest BCUT2D eigenvalue weighted by Gasteiger charge is 2.03. The van der Waals surface area contributed by atoms with Crippen molar-refractivity contribution in [3.05, 3.63) is 30.1 Å². The van der Waals surface area contributed by atoms with Crippen molar-refractivity contribution in [2.75, 3.05) is 13.7 Å². The van der Waals surface area contributed by atoms with Gasteiger partial charge in [-0.05, 0) is 38.2 Å². The Hall–Kier alpha value is -1.53. The van der Waals surface area contributed by atoms with E-state index in [1.165, 1.54) is 0 Å². The molecule has 0 aromatic carbocycles. The van der Waals surface area contributed by atoms with Gasteiger partial charge in [0.15, 0.2) is 5.11 Å². The Bertz CT molecular complexity index is 408. The molecule has 0 amide bonds. The van der Waals surface area contributed by atoms with E-state index in [0.717, 1.165) is 11.4 Å². The van der Waals surface area contributed by atoms with E-state index < -0.39 is 0 Å². The van der Waals surface area contributed by atoms with Gasteiger partial charge in [0.1, 0.15) is 0 Å². The Kier molecular flexibility index (Phi) is 6.24. The van der Waals surface area contributed by atoms with Crippen LogP contribution in [0.15, 0.2) is 29.5 Å². The fourth-order valence-corrected chi connectivity index (χ4v) is 1.56. The van der Waals surface area contributed by atoms with Crippen molar-refractivity contribution < 1.29 is 4.74 Å². The maximum Gasteiger partial charge on any atom is 0.187 e. The molecule has 0 unspecified atom stereocenters. The minimum Gasteiger partial charge on any atom is -0.383 e. The SMILES string of the molecule is COC[C@@H](C)NC(=S)N/N=C(/C)c1ccccn1. The molecular weight excluding hydrogens is 248 g/mol. The molecular formula is C12H18N4OS. The van der Waals surface area contributed by atoms with Crippen LogP contribution in [0.3, 0.4) is 0 Å². The molecule has 0 saturated heterocycles. The van der Waals surface area contributed by atoms with Crippen LogP contribution in [0.25, 0.3) is 0 Å². The third kappa shape index (κ3) is 5.20. The zero-order chi connectivity index (χ0) is 13.4. The van der Waals surface area contributed by atoms with Gasteiger partial charge in [0.05, 0.1) is 18.0 Å². The summed E-state index contributed by atoms with van der Waals surface area (Å²) in [5.41, 5.74) is 4.38. The van der Waals surface area contributed by atoms with Crippen molar-refractivity contribution in [3.63, 3.8) is 0 Å². The minimum absolute atomic E-state index is 0.139. The molecule has 18 heavy (non-hydrogen) atoms. The molecule has 5 nitrogen and oxygen atoms in total.